The van der Waals surface area contributed by atoms with Crippen LogP contribution in [-0.4, -0.2) is 33.7 Å². The van der Waals surface area contributed by atoms with Crippen molar-refractivity contribution in [3.05, 3.63) is 48.3 Å². The van der Waals surface area contributed by atoms with E-state index in [-0.39, 0.29) is 18.0 Å². The van der Waals surface area contributed by atoms with Crippen LogP contribution in [-0.2, 0) is 11.3 Å². The average Bonchev–Trinajstić information content (AvgIpc) is 3.32. The standard InChI is InChI=1S/C19H25N3O2/c1-14(17-7-8-17)21(13-16-5-9-18(24-3)10-6-16)19(23)15(2)22-12-4-11-20-22/h4-6,9-12,14-15,17H,7-8,13H2,1-3H3. The summed E-state index contributed by atoms with van der Waals surface area (Å²) < 4.78 is 6.94. The number of carbonyl (C=O) groups is 1. The summed E-state index contributed by atoms with van der Waals surface area (Å²) >= 11 is 0. The molecule has 3 rings (SSSR count). The lowest BCUT2D eigenvalue weighted by molar-refractivity contribution is -0.137. The maximum Gasteiger partial charge on any atom is 0.247 e. The normalized spacial score (nSPS) is 16.5. The first-order valence-corrected chi connectivity index (χ1v) is 8.52. The first-order valence-electron chi connectivity index (χ1n) is 8.52. The summed E-state index contributed by atoms with van der Waals surface area (Å²) in [5.41, 5.74) is 1.12. The second kappa shape index (κ2) is 7.07. The van der Waals surface area contributed by atoms with Crippen molar-refractivity contribution in [3.63, 3.8) is 0 Å². The first kappa shape index (κ1) is 16.6. The van der Waals surface area contributed by atoms with Crippen LogP contribution in [0.5, 0.6) is 5.75 Å². The Hall–Kier alpha value is -2.30. The van der Waals surface area contributed by atoms with Crippen molar-refractivity contribution in [1.82, 2.24) is 14.7 Å². The van der Waals surface area contributed by atoms with E-state index < -0.39 is 0 Å². The largest absolute Gasteiger partial charge is 0.497 e. The minimum Gasteiger partial charge on any atom is -0.497 e. The van der Waals surface area contributed by atoms with Gasteiger partial charge in [0.15, 0.2) is 0 Å². The van der Waals surface area contributed by atoms with Gasteiger partial charge in [0.05, 0.1) is 7.11 Å². The van der Waals surface area contributed by atoms with E-state index >= 15 is 0 Å². The van der Waals surface area contributed by atoms with Gasteiger partial charge in [-0.25, -0.2) is 0 Å². The Morgan fingerprint density at radius 2 is 2.04 bits per heavy atom. The van der Waals surface area contributed by atoms with Gasteiger partial charge in [0.2, 0.25) is 5.91 Å². The molecule has 2 aromatic rings. The van der Waals surface area contributed by atoms with Gasteiger partial charge in [-0.2, -0.15) is 5.10 Å². The van der Waals surface area contributed by atoms with Crippen LogP contribution in [0.3, 0.4) is 0 Å². The van der Waals surface area contributed by atoms with E-state index in [0.29, 0.717) is 12.5 Å². The number of rotatable bonds is 7. The first-order chi connectivity index (χ1) is 11.6. The Labute approximate surface area is 143 Å². The summed E-state index contributed by atoms with van der Waals surface area (Å²) in [6.07, 6.45) is 5.98. The second-order valence-electron chi connectivity index (χ2n) is 6.55. The third-order valence-electron chi connectivity index (χ3n) is 4.87. The molecule has 1 fully saturated rings. The molecular formula is C19H25N3O2. The number of ether oxygens (including phenoxy) is 1. The molecule has 5 heteroatoms. The van der Waals surface area contributed by atoms with Gasteiger partial charge in [-0.15, -0.1) is 0 Å². The van der Waals surface area contributed by atoms with E-state index in [0.717, 1.165) is 11.3 Å². The topological polar surface area (TPSA) is 47.4 Å². The maximum atomic E-state index is 13.1. The number of nitrogens with zero attached hydrogens (tertiary/aromatic N) is 3. The van der Waals surface area contributed by atoms with Crippen molar-refractivity contribution in [2.45, 2.75) is 45.3 Å². The fourth-order valence-corrected chi connectivity index (χ4v) is 3.05. The molecule has 0 radical (unpaired) electrons. The molecule has 0 bridgehead atoms. The molecule has 0 saturated heterocycles. The molecular weight excluding hydrogens is 302 g/mol. The van der Waals surface area contributed by atoms with Gasteiger partial charge in [0.25, 0.3) is 0 Å². The maximum absolute atomic E-state index is 13.1. The number of amides is 1. The van der Waals surface area contributed by atoms with Gasteiger partial charge >= 0.3 is 0 Å². The summed E-state index contributed by atoms with van der Waals surface area (Å²) in [6, 6.07) is 9.74. The van der Waals surface area contributed by atoms with Crippen LogP contribution in [0.15, 0.2) is 42.7 Å². The highest BCUT2D eigenvalue weighted by Crippen LogP contribution is 2.36. The molecule has 5 nitrogen and oxygen atoms in total. The number of benzene rings is 1. The third kappa shape index (κ3) is 3.61. The predicted molar refractivity (Wildman–Crippen MR) is 92.7 cm³/mol. The van der Waals surface area contributed by atoms with Crippen LogP contribution in [0, 0.1) is 5.92 Å². The van der Waals surface area contributed by atoms with Gasteiger partial charge in [-0.05, 0) is 56.4 Å². The minimum atomic E-state index is -0.292. The molecule has 1 aliphatic rings. The number of methoxy groups -OCH3 is 1. The molecule has 2 unspecified atom stereocenters. The van der Waals surface area contributed by atoms with Gasteiger partial charge in [-0.3, -0.25) is 9.48 Å². The minimum absolute atomic E-state index is 0.119. The highest BCUT2D eigenvalue weighted by Gasteiger charge is 2.36. The van der Waals surface area contributed by atoms with Crippen molar-refractivity contribution >= 4 is 5.91 Å². The molecule has 24 heavy (non-hydrogen) atoms. The van der Waals surface area contributed by atoms with Gasteiger partial charge in [0, 0.05) is 25.0 Å². The molecule has 1 saturated carbocycles. The summed E-state index contributed by atoms with van der Waals surface area (Å²) in [6.45, 7) is 4.69. The fourth-order valence-electron chi connectivity index (χ4n) is 3.05. The van der Waals surface area contributed by atoms with Crippen LogP contribution in [0.25, 0.3) is 0 Å². The summed E-state index contributed by atoms with van der Waals surface area (Å²) in [4.78, 5) is 15.1. The van der Waals surface area contributed by atoms with Gasteiger partial charge in [0.1, 0.15) is 11.8 Å². The molecule has 0 spiro atoms. The van der Waals surface area contributed by atoms with Crippen molar-refractivity contribution in [2.24, 2.45) is 5.92 Å². The third-order valence-corrected chi connectivity index (χ3v) is 4.87. The lowest BCUT2D eigenvalue weighted by Gasteiger charge is -2.32. The molecule has 1 aromatic carbocycles. The fraction of sp³-hybridized carbons (Fsp3) is 0.474. The second-order valence-corrected chi connectivity index (χ2v) is 6.55. The van der Waals surface area contributed by atoms with Crippen LogP contribution in [0.1, 0.15) is 38.3 Å². The summed E-state index contributed by atoms with van der Waals surface area (Å²) in [5, 5.41) is 4.22. The average molecular weight is 327 g/mol. The van der Waals surface area contributed by atoms with Crippen molar-refractivity contribution in [3.8, 4) is 5.75 Å². The SMILES string of the molecule is COc1ccc(CN(C(=O)C(C)n2cccn2)C(C)C2CC2)cc1. The van der Waals surface area contributed by atoms with E-state index in [1.165, 1.54) is 12.8 Å². The van der Waals surface area contributed by atoms with Crippen molar-refractivity contribution < 1.29 is 9.53 Å². The van der Waals surface area contributed by atoms with E-state index in [9.17, 15) is 4.79 Å². The molecule has 128 valence electrons. The van der Waals surface area contributed by atoms with Crippen molar-refractivity contribution in [2.75, 3.05) is 7.11 Å². The Morgan fingerprint density at radius 1 is 1.33 bits per heavy atom. The number of hydrogen-bond donors (Lipinski definition) is 0. The molecule has 2 atom stereocenters. The molecule has 1 aromatic heterocycles. The Balaban J connectivity index is 1.78. The lowest BCUT2D eigenvalue weighted by Crippen LogP contribution is -2.42. The van der Waals surface area contributed by atoms with Crippen LogP contribution >= 0.6 is 0 Å². The molecule has 1 aliphatic carbocycles. The van der Waals surface area contributed by atoms with Crippen LogP contribution in [0.2, 0.25) is 0 Å². The monoisotopic (exact) mass is 327 g/mol. The Kier molecular flexibility index (Phi) is 4.88. The Morgan fingerprint density at radius 3 is 2.58 bits per heavy atom. The van der Waals surface area contributed by atoms with E-state index in [2.05, 4.69) is 12.0 Å². The highest BCUT2D eigenvalue weighted by molar-refractivity contribution is 5.80. The van der Waals surface area contributed by atoms with Crippen molar-refractivity contribution in [1.29, 1.82) is 0 Å². The highest BCUT2D eigenvalue weighted by atomic mass is 16.5. The zero-order valence-corrected chi connectivity index (χ0v) is 14.6. The Bertz CT molecular complexity index is 662. The summed E-state index contributed by atoms with van der Waals surface area (Å²) in [5.74, 6) is 1.57. The van der Waals surface area contributed by atoms with Gasteiger partial charge in [-0.1, -0.05) is 12.1 Å². The number of hydrogen-bond acceptors (Lipinski definition) is 3. The number of carbonyl (C=O) groups excluding carboxylic acids is 1. The smallest absolute Gasteiger partial charge is 0.247 e. The van der Waals surface area contributed by atoms with E-state index in [1.54, 1.807) is 18.0 Å². The molecule has 1 amide bonds. The number of aromatic nitrogens is 2. The summed E-state index contributed by atoms with van der Waals surface area (Å²) in [7, 11) is 1.66. The predicted octanol–water partition coefficient (Wildman–Crippen LogP) is 3.28. The quantitative estimate of drug-likeness (QED) is 0.784. The van der Waals surface area contributed by atoms with Gasteiger partial charge < -0.3 is 9.64 Å². The zero-order valence-electron chi connectivity index (χ0n) is 14.6. The van der Waals surface area contributed by atoms with E-state index in [1.807, 2.05) is 48.4 Å². The van der Waals surface area contributed by atoms with Crippen LogP contribution in [0.4, 0.5) is 0 Å². The molecule has 0 N–H and O–H groups in total. The molecule has 0 aliphatic heterocycles. The van der Waals surface area contributed by atoms with E-state index in [4.69, 9.17) is 4.74 Å². The molecule has 1 heterocycles. The van der Waals surface area contributed by atoms with Crippen LogP contribution < -0.4 is 4.74 Å². The lowest BCUT2D eigenvalue weighted by atomic mass is 10.1. The zero-order chi connectivity index (χ0) is 17.1.